The van der Waals surface area contributed by atoms with Gasteiger partial charge in [-0.05, 0) is 0 Å². The van der Waals surface area contributed by atoms with Crippen molar-refractivity contribution in [2.24, 2.45) is 35.5 Å². The zero-order valence-corrected chi connectivity index (χ0v) is 19.7. The summed E-state index contributed by atoms with van der Waals surface area (Å²) < 4.78 is 0. The fraction of sp³-hybridized carbons (Fsp3) is 0.545. The number of fused-ring (bicyclic) bond motifs is 2. The first-order chi connectivity index (χ1) is 12.0. The molecule has 0 heterocycles. The van der Waals surface area contributed by atoms with Gasteiger partial charge in [0, 0.05) is 0 Å². The quantitative estimate of drug-likeness (QED) is 0.335. The van der Waals surface area contributed by atoms with Gasteiger partial charge in [-0.3, -0.25) is 0 Å². The van der Waals surface area contributed by atoms with E-state index in [4.69, 9.17) is 17.0 Å². The topological polar surface area (TPSA) is 0 Å². The second-order valence-corrected chi connectivity index (χ2v) is 11.6. The molecular weight excluding hydrogens is 426 g/mol. The van der Waals surface area contributed by atoms with Gasteiger partial charge in [0.05, 0.1) is 0 Å². The van der Waals surface area contributed by atoms with Crippen molar-refractivity contribution in [2.45, 2.75) is 40.5 Å². The summed E-state index contributed by atoms with van der Waals surface area (Å²) in [5, 5.41) is 0. The third kappa shape index (κ3) is 5.57. The fourth-order valence-electron chi connectivity index (χ4n) is 4.85. The average Bonchev–Trinajstić information content (AvgIpc) is 3.06. The van der Waals surface area contributed by atoms with Crippen molar-refractivity contribution < 1.29 is 20.8 Å². The second-order valence-electron chi connectivity index (χ2n) is 7.84. The van der Waals surface area contributed by atoms with Crippen LogP contribution >= 0.6 is 17.0 Å². The Kier molecular flexibility index (Phi) is 9.00. The Bertz CT molecular complexity index is 432. The summed E-state index contributed by atoms with van der Waals surface area (Å²) in [6.07, 6.45) is 20.8. The van der Waals surface area contributed by atoms with Crippen LogP contribution in [0, 0.1) is 47.3 Å². The molecule has 0 spiro atoms. The molecule has 2 fully saturated rings. The van der Waals surface area contributed by atoms with Gasteiger partial charge in [-0.25, -0.2) is 36.1 Å². The van der Waals surface area contributed by atoms with E-state index in [-0.39, 0.29) is 0 Å². The normalized spacial score (nSPS) is 36.7. The summed E-state index contributed by atoms with van der Waals surface area (Å²) >= 11 is -0.826. The van der Waals surface area contributed by atoms with E-state index in [9.17, 15) is 0 Å². The first-order valence-corrected chi connectivity index (χ1v) is 15.7. The molecule has 6 atom stereocenters. The molecule has 4 rings (SSSR count). The third-order valence-corrected chi connectivity index (χ3v) is 6.02. The van der Waals surface area contributed by atoms with Gasteiger partial charge < -0.3 is 0 Å². The molecule has 0 amide bonds. The predicted molar refractivity (Wildman–Crippen MR) is 108 cm³/mol. The fourth-order valence-corrected chi connectivity index (χ4v) is 4.85. The molecule has 0 nitrogen and oxygen atoms in total. The number of halogens is 2. The van der Waals surface area contributed by atoms with Crippen molar-refractivity contribution >= 4 is 17.0 Å². The molecule has 0 bridgehead atoms. The van der Waals surface area contributed by atoms with Gasteiger partial charge in [-0.1, -0.05) is 76.0 Å². The van der Waals surface area contributed by atoms with Crippen LogP contribution in [-0.4, -0.2) is 0 Å². The standard InChI is InChI=1S/2C11H15.2ClH.Zr/c2*1-8-7-9(2)11-6-4-3-5-10(8)11;;;/h2*3-6,8-10H,7H2,1-2H3;2*1H;/q2*-1;;;+4/p-2. The molecule has 25 heavy (non-hydrogen) atoms. The summed E-state index contributed by atoms with van der Waals surface area (Å²) in [5.41, 5.74) is 0. The van der Waals surface area contributed by atoms with Gasteiger partial charge in [-0.15, -0.1) is 24.3 Å². The van der Waals surface area contributed by atoms with Gasteiger partial charge in [0.2, 0.25) is 0 Å². The minimum absolute atomic E-state index is 0.759. The first-order valence-electron chi connectivity index (χ1n) is 9.39. The van der Waals surface area contributed by atoms with Crippen molar-refractivity contribution in [1.82, 2.24) is 0 Å². The van der Waals surface area contributed by atoms with Crippen molar-refractivity contribution in [1.29, 1.82) is 0 Å². The van der Waals surface area contributed by atoms with E-state index in [0.29, 0.717) is 0 Å². The molecule has 0 aliphatic heterocycles. The van der Waals surface area contributed by atoms with E-state index >= 15 is 0 Å². The Morgan fingerprint density at radius 2 is 1.08 bits per heavy atom. The second kappa shape index (κ2) is 10.5. The summed E-state index contributed by atoms with van der Waals surface area (Å²) in [7, 11) is 9.87. The average molecular weight is 457 g/mol. The Morgan fingerprint density at radius 1 is 0.720 bits per heavy atom. The summed E-state index contributed by atoms with van der Waals surface area (Å²) in [4.78, 5) is 0. The molecule has 136 valence electrons. The van der Waals surface area contributed by atoms with E-state index in [2.05, 4.69) is 76.3 Å². The first kappa shape index (κ1) is 21.5. The van der Waals surface area contributed by atoms with Crippen molar-refractivity contribution in [3.8, 4) is 0 Å². The molecule has 3 heteroatoms. The molecule has 0 radical (unpaired) electrons. The molecule has 2 saturated carbocycles. The van der Waals surface area contributed by atoms with Crippen LogP contribution in [0.15, 0.2) is 48.6 Å². The van der Waals surface area contributed by atoms with E-state index in [1.165, 1.54) is 12.8 Å². The van der Waals surface area contributed by atoms with E-state index in [1.54, 1.807) is 11.8 Å². The minimum atomic E-state index is -0.826. The third-order valence-electron chi connectivity index (χ3n) is 6.02. The molecule has 0 aromatic heterocycles. The van der Waals surface area contributed by atoms with E-state index in [0.717, 1.165) is 35.5 Å². The van der Waals surface area contributed by atoms with Crippen LogP contribution in [0.5, 0.6) is 0 Å². The van der Waals surface area contributed by atoms with Gasteiger partial charge in [0.25, 0.3) is 0 Å². The molecule has 4 aliphatic carbocycles. The Balaban J connectivity index is 0.000000156. The van der Waals surface area contributed by atoms with Crippen LogP contribution in [0.3, 0.4) is 0 Å². The van der Waals surface area contributed by atoms with Crippen LogP contribution < -0.4 is 0 Å². The van der Waals surface area contributed by atoms with Gasteiger partial charge >= 0.3 is 37.9 Å². The molecular formula is C22H30Cl2Zr. The van der Waals surface area contributed by atoms with Gasteiger partial charge in [-0.2, -0.15) is 0 Å². The zero-order valence-electron chi connectivity index (χ0n) is 15.8. The van der Waals surface area contributed by atoms with Crippen LogP contribution in [0.2, 0.25) is 0 Å². The SMILES string of the molecule is CC1CC(C)C2C=CC=C[C-]12.CC1CC(C)C2C=CC=C[C-]12.[Cl][Zr+2][Cl]. The summed E-state index contributed by atoms with van der Waals surface area (Å²) in [5.74, 6) is 8.18. The summed E-state index contributed by atoms with van der Waals surface area (Å²) in [6.45, 7) is 9.40. The Morgan fingerprint density at radius 3 is 1.40 bits per heavy atom. The molecule has 4 aliphatic rings. The van der Waals surface area contributed by atoms with Gasteiger partial charge in [0.15, 0.2) is 0 Å². The zero-order chi connectivity index (χ0) is 18.4. The molecule has 0 saturated heterocycles. The van der Waals surface area contributed by atoms with Crippen molar-refractivity contribution in [2.75, 3.05) is 0 Å². The Labute approximate surface area is 173 Å². The number of hydrogen-bond donors (Lipinski definition) is 0. The van der Waals surface area contributed by atoms with E-state index < -0.39 is 20.8 Å². The van der Waals surface area contributed by atoms with Crippen LogP contribution in [0.4, 0.5) is 0 Å². The maximum absolute atomic E-state index is 4.93. The number of hydrogen-bond acceptors (Lipinski definition) is 0. The molecule has 0 aromatic rings. The van der Waals surface area contributed by atoms with Crippen LogP contribution in [0.25, 0.3) is 0 Å². The number of rotatable bonds is 0. The molecule has 0 N–H and O–H groups in total. The van der Waals surface area contributed by atoms with Crippen LogP contribution in [0.1, 0.15) is 40.5 Å². The van der Waals surface area contributed by atoms with E-state index in [1.807, 2.05) is 0 Å². The monoisotopic (exact) mass is 454 g/mol. The van der Waals surface area contributed by atoms with Gasteiger partial charge in [0.1, 0.15) is 0 Å². The Hall–Kier alpha value is 0.163. The molecule has 6 unspecified atom stereocenters. The van der Waals surface area contributed by atoms with Crippen LogP contribution in [-0.2, 0) is 20.8 Å². The maximum atomic E-state index is 4.93. The van der Waals surface area contributed by atoms with Crippen molar-refractivity contribution in [3.05, 3.63) is 60.4 Å². The molecule has 0 aromatic carbocycles. The van der Waals surface area contributed by atoms with Crippen molar-refractivity contribution in [3.63, 3.8) is 0 Å². The predicted octanol–water partition coefficient (Wildman–Crippen LogP) is 7.33. The summed E-state index contributed by atoms with van der Waals surface area (Å²) in [6, 6.07) is 0. The number of allylic oxidation sites excluding steroid dienone is 8.